The predicted octanol–water partition coefficient (Wildman–Crippen LogP) is 3.98. The van der Waals surface area contributed by atoms with Gasteiger partial charge in [0.2, 0.25) is 0 Å². The number of carbonyl (C=O) groups is 1. The molecule has 3 heteroatoms. The van der Waals surface area contributed by atoms with E-state index in [9.17, 15) is 4.79 Å². The van der Waals surface area contributed by atoms with Crippen LogP contribution in [0.3, 0.4) is 0 Å². The summed E-state index contributed by atoms with van der Waals surface area (Å²) in [6.45, 7) is 9.67. The standard InChI is InChI=1S/C17H25NO2/c1-5-16(2,3)20-15(19)18-12-11-17(4,13-18)14-9-7-6-8-10-14/h6-10H,5,11-13H2,1-4H3/t17-/m1/s1. The smallest absolute Gasteiger partial charge is 0.410 e. The minimum Gasteiger partial charge on any atom is -0.443 e. The van der Waals surface area contributed by atoms with E-state index in [1.54, 1.807) is 0 Å². The van der Waals surface area contributed by atoms with E-state index in [4.69, 9.17) is 4.74 Å². The molecule has 0 aliphatic carbocycles. The molecule has 0 unspecified atom stereocenters. The lowest BCUT2D eigenvalue weighted by atomic mass is 9.82. The Kier molecular flexibility index (Phi) is 4.07. The van der Waals surface area contributed by atoms with Crippen molar-refractivity contribution in [2.45, 2.75) is 51.6 Å². The van der Waals surface area contributed by atoms with Crippen LogP contribution in [0.5, 0.6) is 0 Å². The molecule has 0 bridgehead atoms. The molecule has 110 valence electrons. The highest BCUT2D eigenvalue weighted by Gasteiger charge is 2.39. The van der Waals surface area contributed by atoms with E-state index in [0.717, 1.165) is 25.9 Å². The average Bonchev–Trinajstić information content (AvgIpc) is 2.84. The molecule has 0 aromatic heterocycles. The number of rotatable bonds is 3. The molecule has 1 aromatic rings. The Hall–Kier alpha value is -1.51. The fourth-order valence-corrected chi connectivity index (χ4v) is 2.57. The monoisotopic (exact) mass is 275 g/mol. The summed E-state index contributed by atoms with van der Waals surface area (Å²) >= 11 is 0. The van der Waals surface area contributed by atoms with Crippen LogP contribution in [-0.2, 0) is 10.2 Å². The maximum Gasteiger partial charge on any atom is 0.410 e. The van der Waals surface area contributed by atoms with Crippen LogP contribution in [0.25, 0.3) is 0 Å². The zero-order valence-electron chi connectivity index (χ0n) is 13.0. The highest BCUT2D eigenvalue weighted by Crippen LogP contribution is 2.34. The van der Waals surface area contributed by atoms with Crippen LogP contribution in [0.15, 0.2) is 30.3 Å². The second-order valence-electron chi connectivity index (χ2n) is 6.58. The van der Waals surface area contributed by atoms with E-state index in [0.29, 0.717) is 0 Å². The van der Waals surface area contributed by atoms with Crippen molar-refractivity contribution in [3.05, 3.63) is 35.9 Å². The van der Waals surface area contributed by atoms with Gasteiger partial charge in [-0.05, 0) is 32.3 Å². The van der Waals surface area contributed by atoms with Gasteiger partial charge in [0.1, 0.15) is 5.60 Å². The molecule has 0 radical (unpaired) electrons. The van der Waals surface area contributed by atoms with E-state index < -0.39 is 0 Å². The number of hydrogen-bond acceptors (Lipinski definition) is 2. The predicted molar refractivity (Wildman–Crippen MR) is 80.8 cm³/mol. The average molecular weight is 275 g/mol. The molecule has 0 N–H and O–H groups in total. The van der Waals surface area contributed by atoms with Crippen molar-refractivity contribution < 1.29 is 9.53 Å². The Balaban J connectivity index is 2.04. The first-order chi connectivity index (χ1) is 9.36. The van der Waals surface area contributed by atoms with E-state index in [1.807, 2.05) is 31.7 Å². The largest absolute Gasteiger partial charge is 0.443 e. The zero-order chi connectivity index (χ0) is 14.8. The molecule has 0 spiro atoms. The van der Waals surface area contributed by atoms with E-state index in [1.165, 1.54) is 5.56 Å². The van der Waals surface area contributed by atoms with Crippen LogP contribution in [0, 0.1) is 0 Å². The summed E-state index contributed by atoms with van der Waals surface area (Å²) in [6, 6.07) is 10.4. The van der Waals surface area contributed by atoms with Crippen molar-refractivity contribution in [1.29, 1.82) is 0 Å². The Labute approximate surface area is 121 Å². The van der Waals surface area contributed by atoms with Crippen molar-refractivity contribution >= 4 is 6.09 Å². The van der Waals surface area contributed by atoms with Gasteiger partial charge in [-0.25, -0.2) is 4.79 Å². The third-order valence-corrected chi connectivity index (χ3v) is 4.42. The fraction of sp³-hybridized carbons (Fsp3) is 0.588. The fourth-order valence-electron chi connectivity index (χ4n) is 2.57. The number of hydrogen-bond donors (Lipinski definition) is 0. The second kappa shape index (κ2) is 5.47. The third-order valence-electron chi connectivity index (χ3n) is 4.42. The Morgan fingerprint density at radius 1 is 1.35 bits per heavy atom. The summed E-state index contributed by atoms with van der Waals surface area (Å²) in [5, 5.41) is 0. The number of ether oxygens (including phenoxy) is 1. The van der Waals surface area contributed by atoms with Gasteiger partial charge in [-0.2, -0.15) is 0 Å². The summed E-state index contributed by atoms with van der Waals surface area (Å²) < 4.78 is 5.59. The van der Waals surface area contributed by atoms with Gasteiger partial charge in [0, 0.05) is 18.5 Å². The molecule has 1 fully saturated rings. The normalized spacial score (nSPS) is 22.9. The van der Waals surface area contributed by atoms with Gasteiger partial charge in [0.05, 0.1) is 0 Å². The van der Waals surface area contributed by atoms with Crippen molar-refractivity contribution in [3.8, 4) is 0 Å². The Morgan fingerprint density at radius 2 is 2.00 bits per heavy atom. The third kappa shape index (κ3) is 3.14. The molecule has 2 rings (SSSR count). The molecule has 1 aromatic carbocycles. The summed E-state index contributed by atoms with van der Waals surface area (Å²) in [6.07, 6.45) is 1.62. The van der Waals surface area contributed by atoms with Gasteiger partial charge in [-0.1, -0.05) is 44.2 Å². The number of likely N-dealkylation sites (tertiary alicyclic amines) is 1. The van der Waals surface area contributed by atoms with Crippen molar-refractivity contribution in [3.63, 3.8) is 0 Å². The van der Waals surface area contributed by atoms with Crippen LogP contribution in [0.4, 0.5) is 4.79 Å². The first-order valence-electron chi connectivity index (χ1n) is 7.40. The zero-order valence-corrected chi connectivity index (χ0v) is 13.0. The van der Waals surface area contributed by atoms with Crippen LogP contribution < -0.4 is 0 Å². The lowest BCUT2D eigenvalue weighted by molar-refractivity contribution is 0.0145. The summed E-state index contributed by atoms with van der Waals surface area (Å²) in [5.41, 5.74) is 0.949. The Morgan fingerprint density at radius 3 is 2.60 bits per heavy atom. The van der Waals surface area contributed by atoms with Crippen molar-refractivity contribution in [2.75, 3.05) is 13.1 Å². The van der Waals surface area contributed by atoms with Gasteiger partial charge in [0.15, 0.2) is 0 Å². The SMILES string of the molecule is CCC(C)(C)OC(=O)N1CC[C@@](C)(c2ccccc2)C1. The molecular formula is C17H25NO2. The van der Waals surface area contributed by atoms with Crippen LogP contribution in [0.2, 0.25) is 0 Å². The van der Waals surface area contributed by atoms with E-state index >= 15 is 0 Å². The molecule has 20 heavy (non-hydrogen) atoms. The number of amides is 1. The molecule has 1 aliphatic heterocycles. The molecule has 1 aliphatic rings. The molecule has 1 saturated heterocycles. The molecule has 1 heterocycles. The van der Waals surface area contributed by atoms with Gasteiger partial charge in [-0.15, -0.1) is 0 Å². The van der Waals surface area contributed by atoms with Crippen molar-refractivity contribution in [2.24, 2.45) is 0 Å². The van der Waals surface area contributed by atoms with Crippen LogP contribution in [0.1, 0.15) is 46.1 Å². The number of benzene rings is 1. The van der Waals surface area contributed by atoms with Gasteiger partial charge < -0.3 is 9.64 Å². The topological polar surface area (TPSA) is 29.5 Å². The quantitative estimate of drug-likeness (QED) is 0.835. The number of carbonyl (C=O) groups excluding carboxylic acids is 1. The van der Waals surface area contributed by atoms with Crippen LogP contribution >= 0.6 is 0 Å². The lowest BCUT2D eigenvalue weighted by Gasteiger charge is -2.28. The van der Waals surface area contributed by atoms with Crippen molar-refractivity contribution in [1.82, 2.24) is 4.90 Å². The summed E-state index contributed by atoms with van der Waals surface area (Å²) in [4.78, 5) is 14.1. The van der Waals surface area contributed by atoms with Crippen LogP contribution in [-0.4, -0.2) is 29.7 Å². The van der Waals surface area contributed by atoms with E-state index in [-0.39, 0.29) is 17.1 Å². The van der Waals surface area contributed by atoms with E-state index in [2.05, 4.69) is 31.2 Å². The molecule has 3 nitrogen and oxygen atoms in total. The lowest BCUT2D eigenvalue weighted by Crippen LogP contribution is -2.38. The molecular weight excluding hydrogens is 250 g/mol. The maximum absolute atomic E-state index is 12.2. The highest BCUT2D eigenvalue weighted by molar-refractivity contribution is 5.69. The molecule has 0 saturated carbocycles. The Bertz CT molecular complexity index is 469. The first-order valence-corrected chi connectivity index (χ1v) is 7.40. The minimum absolute atomic E-state index is 0.0383. The second-order valence-corrected chi connectivity index (χ2v) is 6.58. The van der Waals surface area contributed by atoms with Gasteiger partial charge >= 0.3 is 6.09 Å². The van der Waals surface area contributed by atoms with Gasteiger partial charge in [-0.3, -0.25) is 0 Å². The molecule has 1 atom stereocenters. The number of nitrogens with zero attached hydrogens (tertiary/aromatic N) is 1. The van der Waals surface area contributed by atoms with Gasteiger partial charge in [0.25, 0.3) is 0 Å². The highest BCUT2D eigenvalue weighted by atomic mass is 16.6. The summed E-state index contributed by atoms with van der Waals surface area (Å²) in [5.74, 6) is 0. The minimum atomic E-state index is -0.386. The summed E-state index contributed by atoms with van der Waals surface area (Å²) in [7, 11) is 0. The maximum atomic E-state index is 12.2. The first kappa shape index (κ1) is 14.9. The molecule has 1 amide bonds.